The largest absolute Gasteiger partial charge is 0.272 e. The molecule has 0 saturated carbocycles. The monoisotopic (exact) mass is 188 g/mol. The summed E-state index contributed by atoms with van der Waals surface area (Å²) < 4.78 is 0. The van der Waals surface area contributed by atoms with E-state index in [-0.39, 0.29) is 11.8 Å². The summed E-state index contributed by atoms with van der Waals surface area (Å²) in [4.78, 5) is 12.1. The zero-order chi connectivity index (χ0) is 9.14. The average molecular weight is 189 g/mol. The van der Waals surface area contributed by atoms with E-state index in [1.807, 2.05) is 13.8 Å². The summed E-state index contributed by atoms with van der Waals surface area (Å²) in [5, 5.41) is 7.44. The van der Waals surface area contributed by atoms with E-state index in [9.17, 15) is 4.79 Å². The van der Waals surface area contributed by atoms with Crippen molar-refractivity contribution >= 4 is 17.5 Å². The Morgan fingerprint density at radius 1 is 1.67 bits per heavy atom. The van der Waals surface area contributed by atoms with Gasteiger partial charge in [0.15, 0.2) is 0 Å². The van der Waals surface area contributed by atoms with Crippen LogP contribution < -0.4 is 5.43 Å². The number of aromatic nitrogens is 3. The molecule has 0 unspecified atom stereocenters. The van der Waals surface area contributed by atoms with Gasteiger partial charge in [-0.2, -0.15) is 4.79 Å². The van der Waals surface area contributed by atoms with Gasteiger partial charge in [0.1, 0.15) is 5.88 Å². The van der Waals surface area contributed by atoms with Crippen LogP contribution in [0.3, 0.4) is 0 Å². The molecule has 1 amide bonds. The van der Waals surface area contributed by atoms with Crippen LogP contribution in [0.4, 0.5) is 0 Å². The molecule has 0 atom stereocenters. The van der Waals surface area contributed by atoms with Gasteiger partial charge in [-0.1, -0.05) is 0 Å². The van der Waals surface area contributed by atoms with Crippen molar-refractivity contribution in [2.45, 2.75) is 13.8 Å². The molecule has 0 fully saturated rings. The van der Waals surface area contributed by atoms with E-state index in [1.54, 1.807) is 0 Å². The van der Waals surface area contributed by atoms with Crippen molar-refractivity contribution in [1.82, 2.24) is 15.1 Å². The fraction of sp³-hybridized carbons (Fsp3) is 0.500. The molecule has 0 radical (unpaired) electrons. The maximum Gasteiger partial charge on any atom is 0.255 e. The van der Waals surface area contributed by atoms with Gasteiger partial charge in [0.25, 0.3) is 5.91 Å². The minimum absolute atomic E-state index is 0.0850. The summed E-state index contributed by atoms with van der Waals surface area (Å²) in [5.41, 5.74) is 4.03. The summed E-state index contributed by atoms with van der Waals surface area (Å²) in [5.74, 6) is -0.386. The van der Waals surface area contributed by atoms with Crippen LogP contribution in [-0.4, -0.2) is 26.9 Å². The Morgan fingerprint density at radius 2 is 2.33 bits per heavy atom. The summed E-state index contributed by atoms with van der Waals surface area (Å²) in [6, 6.07) is 0. The number of hydrogen-bond acceptors (Lipinski definition) is 3. The third kappa shape index (κ3) is 1.73. The highest BCUT2D eigenvalue weighted by atomic mass is 35.5. The molecule has 1 aromatic rings. The maximum absolute atomic E-state index is 10.8. The van der Waals surface area contributed by atoms with Gasteiger partial charge in [0, 0.05) is 0 Å². The number of hydrogen-bond donors (Lipinski definition) is 1. The van der Waals surface area contributed by atoms with E-state index in [2.05, 4.69) is 15.7 Å². The predicted molar refractivity (Wildman–Crippen MR) is 44.6 cm³/mol. The summed E-state index contributed by atoms with van der Waals surface area (Å²) >= 11 is 5.29. The van der Waals surface area contributed by atoms with Crippen molar-refractivity contribution in [1.29, 1.82) is 0 Å². The van der Waals surface area contributed by atoms with Crippen LogP contribution in [-0.2, 0) is 4.79 Å². The van der Waals surface area contributed by atoms with E-state index >= 15 is 0 Å². The second-order valence-corrected chi connectivity index (χ2v) is 2.61. The molecule has 0 spiro atoms. The molecule has 0 aliphatic heterocycles. The van der Waals surface area contributed by atoms with Gasteiger partial charge >= 0.3 is 0 Å². The molecular formula is C6H9ClN4O. The Kier molecular flexibility index (Phi) is 2.65. The van der Waals surface area contributed by atoms with E-state index in [0.29, 0.717) is 0 Å². The molecular weight excluding hydrogens is 180 g/mol. The van der Waals surface area contributed by atoms with Gasteiger partial charge in [0.2, 0.25) is 0 Å². The number of halogens is 1. The zero-order valence-electron chi connectivity index (χ0n) is 6.83. The highest BCUT2D eigenvalue weighted by Crippen LogP contribution is 1.98. The first kappa shape index (κ1) is 8.99. The van der Waals surface area contributed by atoms with Crippen LogP contribution in [0, 0.1) is 13.8 Å². The van der Waals surface area contributed by atoms with Crippen molar-refractivity contribution in [3.8, 4) is 0 Å². The predicted octanol–water partition coefficient (Wildman–Crippen LogP) is 0.204. The van der Waals surface area contributed by atoms with Gasteiger partial charge in [-0.05, 0) is 19.1 Å². The van der Waals surface area contributed by atoms with Crippen molar-refractivity contribution < 1.29 is 4.79 Å². The molecule has 5 nitrogen and oxygen atoms in total. The molecule has 66 valence electrons. The SMILES string of the molecule is Cc1nnn(NC(=O)CCl)c1C. The minimum atomic E-state index is -0.301. The molecule has 0 aliphatic rings. The van der Waals surface area contributed by atoms with Gasteiger partial charge in [-0.15, -0.1) is 16.7 Å². The Balaban J connectivity index is 2.76. The number of amides is 1. The number of carbonyl (C=O) groups is 1. The summed E-state index contributed by atoms with van der Waals surface area (Å²) in [6.45, 7) is 3.62. The lowest BCUT2D eigenvalue weighted by Gasteiger charge is -2.02. The smallest absolute Gasteiger partial charge is 0.255 e. The second kappa shape index (κ2) is 3.53. The first-order chi connectivity index (χ1) is 5.65. The van der Waals surface area contributed by atoms with Crippen molar-refractivity contribution in [2.24, 2.45) is 0 Å². The molecule has 12 heavy (non-hydrogen) atoms. The standard InChI is InChI=1S/C6H9ClN4O/c1-4-5(2)11(10-8-4)9-6(12)3-7/h3H2,1-2H3,(H,9,12). The van der Waals surface area contributed by atoms with Crippen LogP contribution in [0.2, 0.25) is 0 Å². The van der Waals surface area contributed by atoms with Gasteiger partial charge in [0.05, 0.1) is 11.4 Å². The molecule has 0 bridgehead atoms. The highest BCUT2D eigenvalue weighted by molar-refractivity contribution is 6.28. The van der Waals surface area contributed by atoms with Crippen LogP contribution >= 0.6 is 11.6 Å². The van der Waals surface area contributed by atoms with E-state index < -0.39 is 0 Å². The third-order valence-corrected chi connectivity index (χ3v) is 1.72. The number of carbonyl (C=O) groups excluding carboxylic acids is 1. The van der Waals surface area contributed by atoms with E-state index in [4.69, 9.17) is 11.6 Å². The Labute approximate surface area is 74.7 Å². The maximum atomic E-state index is 10.8. The van der Waals surface area contributed by atoms with Crippen LogP contribution in [0.1, 0.15) is 11.4 Å². The van der Waals surface area contributed by atoms with Gasteiger partial charge < -0.3 is 0 Å². The lowest BCUT2D eigenvalue weighted by Crippen LogP contribution is -2.25. The molecule has 6 heteroatoms. The van der Waals surface area contributed by atoms with Crippen molar-refractivity contribution in [2.75, 3.05) is 11.3 Å². The number of nitrogens with zero attached hydrogens (tertiary/aromatic N) is 3. The van der Waals surface area contributed by atoms with Gasteiger partial charge in [-0.25, -0.2) is 5.43 Å². The Bertz CT molecular complexity index is 296. The molecule has 0 aliphatic carbocycles. The molecule has 1 heterocycles. The zero-order valence-corrected chi connectivity index (χ0v) is 7.59. The quantitative estimate of drug-likeness (QED) is 0.675. The summed E-state index contributed by atoms with van der Waals surface area (Å²) in [6.07, 6.45) is 0. The fourth-order valence-electron chi connectivity index (χ4n) is 0.659. The minimum Gasteiger partial charge on any atom is -0.272 e. The molecule has 0 saturated heterocycles. The van der Waals surface area contributed by atoms with Crippen LogP contribution in [0.15, 0.2) is 0 Å². The molecule has 1 N–H and O–H groups in total. The number of alkyl halides is 1. The fourth-order valence-corrected chi connectivity index (χ4v) is 0.718. The van der Waals surface area contributed by atoms with Crippen LogP contribution in [0.5, 0.6) is 0 Å². The first-order valence-corrected chi connectivity index (χ1v) is 3.93. The van der Waals surface area contributed by atoms with Crippen molar-refractivity contribution in [3.05, 3.63) is 11.4 Å². The molecule has 1 rings (SSSR count). The van der Waals surface area contributed by atoms with Crippen LogP contribution in [0.25, 0.3) is 0 Å². The second-order valence-electron chi connectivity index (χ2n) is 2.34. The summed E-state index contributed by atoms with van der Waals surface area (Å²) in [7, 11) is 0. The normalized spacial score (nSPS) is 9.92. The Hall–Kier alpha value is -1.10. The van der Waals surface area contributed by atoms with Gasteiger partial charge in [-0.3, -0.25) is 4.79 Å². The topological polar surface area (TPSA) is 59.8 Å². The van der Waals surface area contributed by atoms with Crippen molar-refractivity contribution in [3.63, 3.8) is 0 Å². The Morgan fingerprint density at radius 3 is 2.75 bits per heavy atom. The van der Waals surface area contributed by atoms with E-state index in [1.165, 1.54) is 4.79 Å². The lowest BCUT2D eigenvalue weighted by molar-refractivity contribution is -0.114. The number of nitrogens with one attached hydrogen (secondary N) is 1. The molecule has 0 aromatic carbocycles. The average Bonchev–Trinajstić information content (AvgIpc) is 2.36. The highest BCUT2D eigenvalue weighted by Gasteiger charge is 2.05. The number of rotatable bonds is 2. The first-order valence-electron chi connectivity index (χ1n) is 3.40. The third-order valence-electron chi connectivity index (χ3n) is 1.48. The molecule has 1 aromatic heterocycles. The lowest BCUT2D eigenvalue weighted by atomic mass is 10.4. The number of aryl methyl sites for hydroxylation is 1. The van der Waals surface area contributed by atoms with E-state index in [0.717, 1.165) is 11.4 Å².